The smallest absolute Gasteiger partial charge is 0.308 e. The molecule has 0 saturated carbocycles. The van der Waals surface area contributed by atoms with Crippen LogP contribution in [0.5, 0.6) is 0 Å². The lowest BCUT2D eigenvalue weighted by atomic mass is 10.0. The number of carboxylic acid groups (broad SMARTS) is 1. The van der Waals surface area contributed by atoms with Crippen molar-refractivity contribution < 1.29 is 24.2 Å². The Labute approximate surface area is 155 Å². The molecule has 3 rings (SSSR count). The van der Waals surface area contributed by atoms with Gasteiger partial charge >= 0.3 is 5.97 Å². The SMILES string of the molecule is CSC1C(C(=O)c2ccccn2)=C(CC(=O)O)C(=O)N1CC1CCCO1. The van der Waals surface area contributed by atoms with E-state index in [2.05, 4.69) is 4.98 Å². The minimum absolute atomic E-state index is 0.0468. The van der Waals surface area contributed by atoms with E-state index in [0.29, 0.717) is 13.2 Å². The molecule has 2 atom stereocenters. The van der Waals surface area contributed by atoms with E-state index in [1.165, 1.54) is 18.0 Å². The van der Waals surface area contributed by atoms with Gasteiger partial charge in [-0.1, -0.05) is 6.07 Å². The van der Waals surface area contributed by atoms with Gasteiger partial charge in [0.2, 0.25) is 5.78 Å². The number of aromatic nitrogens is 1. The van der Waals surface area contributed by atoms with E-state index in [0.717, 1.165) is 12.8 Å². The van der Waals surface area contributed by atoms with Gasteiger partial charge < -0.3 is 14.7 Å². The van der Waals surface area contributed by atoms with Crippen molar-refractivity contribution in [3.05, 3.63) is 41.2 Å². The molecule has 1 saturated heterocycles. The maximum absolute atomic E-state index is 13.0. The van der Waals surface area contributed by atoms with Gasteiger partial charge in [0, 0.05) is 30.5 Å². The summed E-state index contributed by atoms with van der Waals surface area (Å²) in [5.41, 5.74) is 0.475. The normalized spacial score (nSPS) is 23.0. The average Bonchev–Trinajstić information content (AvgIpc) is 3.23. The first-order valence-electron chi connectivity index (χ1n) is 8.39. The third-order valence-corrected chi connectivity index (χ3v) is 5.43. The molecular weight excluding hydrogens is 356 g/mol. The summed E-state index contributed by atoms with van der Waals surface area (Å²) in [6.45, 7) is 1.01. The van der Waals surface area contributed by atoms with Gasteiger partial charge in [0.25, 0.3) is 5.91 Å². The van der Waals surface area contributed by atoms with Gasteiger partial charge in [-0.05, 0) is 31.2 Å². The van der Waals surface area contributed by atoms with Crippen molar-refractivity contribution in [2.75, 3.05) is 19.4 Å². The van der Waals surface area contributed by atoms with Crippen molar-refractivity contribution in [2.45, 2.75) is 30.7 Å². The summed E-state index contributed by atoms with van der Waals surface area (Å²) in [6.07, 6.45) is 4.53. The number of carbonyl (C=O) groups is 3. The predicted molar refractivity (Wildman–Crippen MR) is 95.8 cm³/mol. The Kier molecular flexibility index (Phi) is 5.73. The summed E-state index contributed by atoms with van der Waals surface area (Å²) in [6, 6.07) is 4.95. The van der Waals surface area contributed by atoms with Gasteiger partial charge in [0.15, 0.2) is 0 Å². The lowest BCUT2D eigenvalue weighted by Gasteiger charge is -2.27. The topological polar surface area (TPSA) is 96.8 Å². The molecule has 1 aromatic heterocycles. The van der Waals surface area contributed by atoms with Crippen LogP contribution in [0, 0.1) is 0 Å². The lowest BCUT2D eigenvalue weighted by molar-refractivity contribution is -0.137. The second-order valence-electron chi connectivity index (χ2n) is 6.19. The Morgan fingerprint density at radius 1 is 1.42 bits per heavy atom. The van der Waals surface area contributed by atoms with Crippen LogP contribution in [-0.4, -0.2) is 63.5 Å². The highest BCUT2D eigenvalue weighted by atomic mass is 32.2. The summed E-state index contributed by atoms with van der Waals surface area (Å²) in [4.78, 5) is 42.8. The average molecular weight is 376 g/mol. The number of hydrogen-bond acceptors (Lipinski definition) is 6. The molecule has 1 fully saturated rings. The summed E-state index contributed by atoms with van der Waals surface area (Å²) in [5.74, 6) is -1.94. The molecule has 1 aromatic rings. The highest BCUT2D eigenvalue weighted by Gasteiger charge is 2.43. The van der Waals surface area contributed by atoms with Crippen LogP contribution in [-0.2, 0) is 14.3 Å². The molecule has 2 unspecified atom stereocenters. The van der Waals surface area contributed by atoms with Crippen LogP contribution >= 0.6 is 11.8 Å². The first-order valence-corrected chi connectivity index (χ1v) is 9.67. The molecule has 8 heteroatoms. The van der Waals surface area contributed by atoms with E-state index in [1.54, 1.807) is 29.4 Å². The van der Waals surface area contributed by atoms with Crippen LogP contribution in [0.25, 0.3) is 0 Å². The van der Waals surface area contributed by atoms with Crippen LogP contribution in [0.3, 0.4) is 0 Å². The molecule has 1 N–H and O–H groups in total. The number of nitrogens with zero attached hydrogens (tertiary/aromatic N) is 2. The van der Waals surface area contributed by atoms with E-state index in [1.807, 2.05) is 0 Å². The van der Waals surface area contributed by atoms with Crippen LogP contribution in [0.4, 0.5) is 0 Å². The number of hydrogen-bond donors (Lipinski definition) is 1. The zero-order valence-corrected chi connectivity index (χ0v) is 15.2. The summed E-state index contributed by atoms with van der Waals surface area (Å²) in [5, 5.41) is 8.70. The molecule has 2 aliphatic rings. The molecule has 3 heterocycles. The Morgan fingerprint density at radius 3 is 2.81 bits per heavy atom. The zero-order chi connectivity index (χ0) is 18.7. The second-order valence-corrected chi connectivity index (χ2v) is 7.11. The minimum Gasteiger partial charge on any atom is -0.481 e. The second kappa shape index (κ2) is 8.01. The largest absolute Gasteiger partial charge is 0.481 e. The van der Waals surface area contributed by atoms with E-state index < -0.39 is 29.5 Å². The van der Waals surface area contributed by atoms with E-state index in [4.69, 9.17) is 4.74 Å². The van der Waals surface area contributed by atoms with Gasteiger partial charge in [-0.25, -0.2) is 0 Å². The van der Waals surface area contributed by atoms with Gasteiger partial charge in [-0.3, -0.25) is 19.4 Å². The molecule has 0 spiro atoms. The number of carbonyl (C=O) groups excluding carboxylic acids is 2. The molecule has 1 amide bonds. The molecule has 26 heavy (non-hydrogen) atoms. The molecule has 0 bridgehead atoms. The van der Waals surface area contributed by atoms with Crippen molar-refractivity contribution in [2.24, 2.45) is 0 Å². The van der Waals surface area contributed by atoms with Crippen LogP contribution in [0.15, 0.2) is 35.5 Å². The number of aliphatic carboxylic acids is 1. The number of ketones is 1. The van der Waals surface area contributed by atoms with Gasteiger partial charge in [0.05, 0.1) is 12.5 Å². The fraction of sp³-hybridized carbons (Fsp3) is 0.444. The third-order valence-electron chi connectivity index (χ3n) is 4.49. The molecule has 0 radical (unpaired) electrons. The molecule has 7 nitrogen and oxygen atoms in total. The first kappa shape index (κ1) is 18.6. The highest BCUT2D eigenvalue weighted by Crippen LogP contribution is 2.36. The molecule has 0 aliphatic carbocycles. The van der Waals surface area contributed by atoms with Crippen molar-refractivity contribution in [1.29, 1.82) is 0 Å². The van der Waals surface area contributed by atoms with Gasteiger partial charge in [0.1, 0.15) is 11.1 Å². The number of rotatable bonds is 7. The van der Waals surface area contributed by atoms with Crippen molar-refractivity contribution in [1.82, 2.24) is 9.88 Å². The Hall–Kier alpha value is -2.19. The highest BCUT2D eigenvalue weighted by molar-refractivity contribution is 7.99. The predicted octanol–water partition coefficient (Wildman–Crippen LogP) is 1.75. The summed E-state index contributed by atoms with van der Waals surface area (Å²) < 4.78 is 5.62. The number of thioether (sulfide) groups is 1. The van der Waals surface area contributed by atoms with Crippen LogP contribution in [0.2, 0.25) is 0 Å². The quantitative estimate of drug-likeness (QED) is 0.724. The number of Topliss-reactive ketones (excluding diaryl/α,β-unsaturated/α-hetero) is 1. The van der Waals surface area contributed by atoms with Crippen molar-refractivity contribution in [3.63, 3.8) is 0 Å². The number of pyridine rings is 1. The van der Waals surface area contributed by atoms with Gasteiger partial charge in [-0.2, -0.15) is 0 Å². The Bertz CT molecular complexity index is 743. The number of ether oxygens (including phenoxy) is 1. The molecule has 2 aliphatic heterocycles. The Morgan fingerprint density at radius 2 is 2.23 bits per heavy atom. The van der Waals surface area contributed by atoms with E-state index in [-0.39, 0.29) is 22.9 Å². The minimum atomic E-state index is -1.14. The summed E-state index contributed by atoms with van der Waals surface area (Å²) in [7, 11) is 0. The number of amides is 1. The fourth-order valence-corrected chi connectivity index (χ4v) is 4.26. The molecule has 138 valence electrons. The van der Waals surface area contributed by atoms with Crippen molar-refractivity contribution >= 4 is 29.4 Å². The Balaban J connectivity index is 1.96. The monoisotopic (exact) mass is 376 g/mol. The molecular formula is C18H20N2O5S. The third kappa shape index (κ3) is 3.66. The summed E-state index contributed by atoms with van der Waals surface area (Å²) >= 11 is 1.34. The first-order chi connectivity index (χ1) is 12.5. The van der Waals surface area contributed by atoms with Crippen LogP contribution in [0.1, 0.15) is 29.8 Å². The zero-order valence-electron chi connectivity index (χ0n) is 14.4. The number of carboxylic acids is 1. The van der Waals surface area contributed by atoms with E-state index in [9.17, 15) is 19.5 Å². The van der Waals surface area contributed by atoms with E-state index >= 15 is 0 Å². The van der Waals surface area contributed by atoms with Crippen molar-refractivity contribution in [3.8, 4) is 0 Å². The molecule has 0 aromatic carbocycles. The maximum Gasteiger partial charge on any atom is 0.308 e. The van der Waals surface area contributed by atoms with Gasteiger partial charge in [-0.15, -0.1) is 11.8 Å². The van der Waals surface area contributed by atoms with Crippen LogP contribution < -0.4 is 0 Å². The lowest BCUT2D eigenvalue weighted by Crippen LogP contribution is -2.40. The standard InChI is InChI=1S/C18H20N2O5S/c1-26-18-15(16(23)13-6-2-3-7-19-13)12(9-14(21)22)17(24)20(18)10-11-5-4-8-25-11/h2-3,6-7,11,18H,4-5,8-10H2,1H3,(H,21,22). The maximum atomic E-state index is 13.0. The fourth-order valence-electron chi connectivity index (χ4n) is 3.34.